The summed E-state index contributed by atoms with van der Waals surface area (Å²) in [6.45, 7) is 4.47. The minimum atomic E-state index is -0.215. The number of anilines is 2. The molecule has 2 aliphatic rings. The van der Waals surface area contributed by atoms with Crippen LogP contribution in [0, 0.1) is 5.92 Å². The van der Waals surface area contributed by atoms with Gasteiger partial charge in [-0.2, -0.15) is 4.98 Å². The quantitative estimate of drug-likeness (QED) is 0.626. The van der Waals surface area contributed by atoms with Gasteiger partial charge in [-0.1, -0.05) is 30.7 Å². The number of benzene rings is 1. The molecule has 0 atom stereocenters. The Balaban J connectivity index is 1.52. The summed E-state index contributed by atoms with van der Waals surface area (Å²) in [6, 6.07) is 7.68. The van der Waals surface area contributed by atoms with Crippen molar-refractivity contribution in [2.45, 2.75) is 35.5 Å². The predicted octanol–water partition coefficient (Wildman–Crippen LogP) is 2.85. The van der Waals surface area contributed by atoms with Crippen molar-refractivity contribution in [1.82, 2.24) is 14.9 Å². The second-order valence-corrected chi connectivity index (χ2v) is 9.59. The Morgan fingerprint density at radius 3 is 2.78 bits per heavy atom. The van der Waals surface area contributed by atoms with Gasteiger partial charge in [-0.25, -0.2) is 4.98 Å². The van der Waals surface area contributed by atoms with Crippen molar-refractivity contribution < 1.29 is 9.53 Å². The van der Waals surface area contributed by atoms with E-state index in [1.807, 2.05) is 30.5 Å². The first kappa shape index (κ1) is 22.8. The van der Waals surface area contributed by atoms with E-state index in [1.165, 1.54) is 25.7 Å². The summed E-state index contributed by atoms with van der Waals surface area (Å²) < 4.78 is 6.26. The van der Waals surface area contributed by atoms with Crippen molar-refractivity contribution in [1.29, 1.82) is 0 Å². The van der Waals surface area contributed by atoms with E-state index in [4.69, 9.17) is 15.5 Å². The maximum Gasteiger partial charge on any atom is 0.238 e. The number of carbonyl (C=O) groups is 1. The Morgan fingerprint density at radius 2 is 2.03 bits per heavy atom. The summed E-state index contributed by atoms with van der Waals surface area (Å²) >= 11 is 1.54. The number of nitrogens with two attached hydrogens (primary N) is 1. The number of rotatable bonds is 8. The van der Waals surface area contributed by atoms with Crippen LogP contribution < -0.4 is 20.7 Å². The Bertz CT molecular complexity index is 913. The number of piperazine rings is 1. The number of nitrogens with one attached hydrogen (secondary N) is 1. The third kappa shape index (κ3) is 6.11. The van der Waals surface area contributed by atoms with Crippen LogP contribution in [0.25, 0.3) is 0 Å². The van der Waals surface area contributed by atoms with E-state index in [0.717, 1.165) is 41.9 Å². The molecule has 0 radical (unpaired) electrons. The van der Waals surface area contributed by atoms with Crippen LogP contribution in [0.15, 0.2) is 40.3 Å². The number of ether oxygens (including phenoxy) is 1. The van der Waals surface area contributed by atoms with Crippen LogP contribution in [-0.2, 0) is 4.79 Å². The molecule has 0 unspecified atom stereocenters. The van der Waals surface area contributed by atoms with Gasteiger partial charge in [0.05, 0.1) is 24.2 Å². The van der Waals surface area contributed by atoms with Gasteiger partial charge in [0.1, 0.15) is 0 Å². The largest absolute Gasteiger partial charge is 0.476 e. The van der Waals surface area contributed by atoms with Gasteiger partial charge in [-0.3, -0.25) is 4.79 Å². The fourth-order valence-corrected chi connectivity index (χ4v) is 4.91. The Hall–Kier alpha value is -2.36. The fourth-order valence-electron chi connectivity index (χ4n) is 4.03. The van der Waals surface area contributed by atoms with Crippen LogP contribution in [0.1, 0.15) is 25.7 Å². The summed E-state index contributed by atoms with van der Waals surface area (Å²) in [5.41, 5.74) is 6.13. The van der Waals surface area contributed by atoms with E-state index in [2.05, 4.69) is 27.1 Å². The molecule has 1 amide bonds. The zero-order valence-electron chi connectivity index (χ0n) is 18.6. The molecule has 0 spiro atoms. The lowest BCUT2D eigenvalue weighted by molar-refractivity contribution is -0.114. The zero-order chi connectivity index (χ0) is 22.3. The highest BCUT2D eigenvalue weighted by atomic mass is 32.2. The SMILES string of the molecule is CN1CCN(c2ncc(Sc3cccc(NC(=O)CN)c3)c(OCC3CCCC3)n2)CC1. The van der Waals surface area contributed by atoms with E-state index >= 15 is 0 Å². The number of likely N-dealkylation sites (N-methyl/N-ethyl adjacent to an activating group) is 1. The number of amides is 1. The molecule has 1 aliphatic carbocycles. The van der Waals surface area contributed by atoms with Gasteiger partial charge >= 0.3 is 0 Å². The van der Waals surface area contributed by atoms with E-state index < -0.39 is 0 Å². The number of nitrogens with zero attached hydrogens (tertiary/aromatic N) is 4. The van der Waals surface area contributed by atoms with Gasteiger partial charge in [0.15, 0.2) is 0 Å². The summed E-state index contributed by atoms with van der Waals surface area (Å²) in [4.78, 5) is 27.5. The lowest BCUT2D eigenvalue weighted by Crippen LogP contribution is -2.45. The van der Waals surface area contributed by atoms with E-state index in [9.17, 15) is 4.79 Å². The molecule has 1 aromatic carbocycles. The van der Waals surface area contributed by atoms with Crippen molar-refractivity contribution >= 4 is 29.3 Å². The van der Waals surface area contributed by atoms with Crippen molar-refractivity contribution in [2.75, 3.05) is 56.6 Å². The molecule has 4 rings (SSSR count). The zero-order valence-corrected chi connectivity index (χ0v) is 19.4. The summed E-state index contributed by atoms with van der Waals surface area (Å²) in [5.74, 6) is 1.76. The molecule has 3 N–H and O–H groups in total. The molecule has 1 saturated heterocycles. The lowest BCUT2D eigenvalue weighted by Gasteiger charge is -2.32. The fraction of sp³-hybridized carbons (Fsp3) is 0.522. The molecule has 0 bridgehead atoms. The second kappa shape index (κ2) is 11.0. The van der Waals surface area contributed by atoms with Crippen LogP contribution >= 0.6 is 11.8 Å². The van der Waals surface area contributed by atoms with Gasteiger partial charge in [0.2, 0.25) is 17.7 Å². The van der Waals surface area contributed by atoms with E-state index in [0.29, 0.717) is 24.1 Å². The smallest absolute Gasteiger partial charge is 0.238 e. The van der Waals surface area contributed by atoms with E-state index in [1.54, 1.807) is 11.8 Å². The molecule has 172 valence electrons. The molecule has 2 heterocycles. The van der Waals surface area contributed by atoms with Gasteiger partial charge < -0.3 is 25.6 Å². The van der Waals surface area contributed by atoms with E-state index in [-0.39, 0.29) is 12.5 Å². The number of aromatic nitrogens is 2. The predicted molar refractivity (Wildman–Crippen MR) is 127 cm³/mol. The third-order valence-corrected chi connectivity index (χ3v) is 6.95. The average molecular weight is 457 g/mol. The van der Waals surface area contributed by atoms with Crippen molar-refractivity contribution in [2.24, 2.45) is 11.7 Å². The Kier molecular flexibility index (Phi) is 7.83. The maximum atomic E-state index is 11.6. The maximum absolute atomic E-state index is 11.6. The van der Waals surface area contributed by atoms with Crippen LogP contribution in [0.3, 0.4) is 0 Å². The summed E-state index contributed by atoms with van der Waals surface area (Å²) in [6.07, 6.45) is 6.88. The molecule has 1 aromatic heterocycles. The molecule has 1 aliphatic heterocycles. The molecular weight excluding hydrogens is 424 g/mol. The minimum Gasteiger partial charge on any atom is -0.476 e. The van der Waals surface area contributed by atoms with Crippen molar-refractivity contribution in [3.8, 4) is 5.88 Å². The molecule has 2 aromatic rings. The number of hydrogen-bond donors (Lipinski definition) is 2. The Morgan fingerprint density at radius 1 is 1.25 bits per heavy atom. The van der Waals surface area contributed by atoms with Crippen LogP contribution in [0.2, 0.25) is 0 Å². The molecule has 1 saturated carbocycles. The number of carbonyl (C=O) groups excluding carboxylic acids is 1. The molecule has 32 heavy (non-hydrogen) atoms. The standard InChI is InChI=1S/C23H32N6O2S/c1-28-9-11-29(12-10-28)23-25-15-20(22(27-23)31-16-17-5-2-3-6-17)32-19-8-4-7-18(13-19)26-21(30)14-24/h4,7-8,13,15,17H,2-3,5-6,9-12,14,16,24H2,1H3,(H,26,30). The van der Waals surface area contributed by atoms with Gasteiger partial charge in [-0.05, 0) is 44.0 Å². The summed E-state index contributed by atoms with van der Waals surface area (Å²) in [5, 5.41) is 2.80. The van der Waals surface area contributed by atoms with Crippen LogP contribution in [0.5, 0.6) is 5.88 Å². The molecular formula is C23H32N6O2S. The monoisotopic (exact) mass is 456 g/mol. The van der Waals surface area contributed by atoms with Crippen molar-refractivity contribution in [3.63, 3.8) is 0 Å². The van der Waals surface area contributed by atoms with Crippen LogP contribution in [0.4, 0.5) is 11.6 Å². The molecule has 2 fully saturated rings. The van der Waals surface area contributed by atoms with Gasteiger partial charge in [0, 0.05) is 36.8 Å². The first-order chi connectivity index (χ1) is 15.6. The highest BCUT2D eigenvalue weighted by Gasteiger charge is 2.21. The average Bonchev–Trinajstić information content (AvgIpc) is 3.33. The highest BCUT2D eigenvalue weighted by molar-refractivity contribution is 7.99. The Labute approximate surface area is 193 Å². The molecule has 8 nitrogen and oxygen atoms in total. The van der Waals surface area contributed by atoms with Gasteiger partial charge in [0.25, 0.3) is 0 Å². The first-order valence-corrected chi connectivity index (χ1v) is 12.1. The highest BCUT2D eigenvalue weighted by Crippen LogP contribution is 2.36. The van der Waals surface area contributed by atoms with Crippen LogP contribution in [-0.4, -0.2) is 67.2 Å². The molecule has 9 heteroatoms. The summed E-state index contributed by atoms with van der Waals surface area (Å²) in [7, 11) is 2.14. The lowest BCUT2D eigenvalue weighted by atomic mass is 10.1. The topological polar surface area (TPSA) is 96.6 Å². The van der Waals surface area contributed by atoms with Crippen molar-refractivity contribution in [3.05, 3.63) is 30.5 Å². The normalized spacial score (nSPS) is 17.5. The number of hydrogen-bond acceptors (Lipinski definition) is 8. The van der Waals surface area contributed by atoms with Gasteiger partial charge in [-0.15, -0.1) is 0 Å². The second-order valence-electron chi connectivity index (χ2n) is 8.47. The minimum absolute atomic E-state index is 0.0435. The third-order valence-electron chi connectivity index (χ3n) is 5.96. The first-order valence-electron chi connectivity index (χ1n) is 11.3.